The summed E-state index contributed by atoms with van der Waals surface area (Å²) in [5.74, 6) is -0.787. The molecule has 0 saturated heterocycles. The summed E-state index contributed by atoms with van der Waals surface area (Å²) in [5, 5.41) is 0. The second-order valence-corrected chi connectivity index (χ2v) is 19.3. The van der Waals surface area contributed by atoms with Gasteiger partial charge in [0, 0.05) is 12.8 Å². The van der Waals surface area contributed by atoms with Gasteiger partial charge in [0.25, 0.3) is 0 Å². The summed E-state index contributed by atoms with van der Waals surface area (Å²) in [6.07, 6.45) is 56.7. The van der Waals surface area contributed by atoms with Crippen LogP contribution in [0.5, 0.6) is 0 Å². The summed E-state index contributed by atoms with van der Waals surface area (Å²) in [6.45, 7) is 5.52. The number of unbranched alkanes of at least 4 members (excludes halogenated alkanes) is 34. The normalized spacial score (nSPS) is 13.3. The standard InChI is InChI=1S/C53H101O8P/c1-4-7-9-11-13-15-17-19-21-23-25-26-27-28-30-32-34-36-38-40-42-44-46-48-53(55)61-51(50-60-62(56,57)59-6-3)49-58-52(54)47-45-43-41-39-37-35-33-31-29-24-22-20-18-16-14-12-10-8-5-2/h20,22-23,25,51H,4-19,21,24,26-50H2,1-3H3,(H,56,57)/b22-20-,25-23-. The molecule has 0 aromatic heterocycles. The van der Waals surface area contributed by atoms with Crippen molar-refractivity contribution in [3.63, 3.8) is 0 Å². The largest absolute Gasteiger partial charge is 0.472 e. The number of carbonyl (C=O) groups is 2. The zero-order valence-electron chi connectivity index (χ0n) is 41.0. The van der Waals surface area contributed by atoms with E-state index in [1.165, 1.54) is 205 Å². The van der Waals surface area contributed by atoms with Crippen molar-refractivity contribution in [2.45, 2.75) is 284 Å². The van der Waals surface area contributed by atoms with Gasteiger partial charge in [0.2, 0.25) is 0 Å². The third-order valence-corrected chi connectivity index (χ3v) is 12.8. The van der Waals surface area contributed by atoms with Crippen LogP contribution in [0.3, 0.4) is 0 Å². The molecule has 0 bridgehead atoms. The molecular formula is C53H101O8P. The summed E-state index contributed by atoms with van der Waals surface area (Å²) in [5.41, 5.74) is 0. The number of carbonyl (C=O) groups excluding carboxylic acids is 2. The molecule has 2 atom stereocenters. The molecule has 1 N–H and O–H groups in total. The van der Waals surface area contributed by atoms with E-state index in [4.69, 9.17) is 18.5 Å². The van der Waals surface area contributed by atoms with Gasteiger partial charge in [0.05, 0.1) is 13.2 Å². The summed E-state index contributed by atoms with van der Waals surface area (Å²) in [7, 11) is -4.28. The van der Waals surface area contributed by atoms with E-state index < -0.39 is 19.9 Å². The average Bonchev–Trinajstić information content (AvgIpc) is 3.25. The van der Waals surface area contributed by atoms with Gasteiger partial charge in [0.1, 0.15) is 6.61 Å². The van der Waals surface area contributed by atoms with Crippen molar-refractivity contribution in [1.29, 1.82) is 0 Å². The molecule has 9 heteroatoms. The Morgan fingerprint density at radius 1 is 0.419 bits per heavy atom. The lowest BCUT2D eigenvalue weighted by Crippen LogP contribution is -2.29. The molecule has 0 saturated carbocycles. The molecule has 0 fully saturated rings. The molecule has 0 spiro atoms. The maximum atomic E-state index is 12.6. The van der Waals surface area contributed by atoms with Crippen LogP contribution < -0.4 is 0 Å². The van der Waals surface area contributed by atoms with Crippen LogP contribution >= 0.6 is 7.82 Å². The highest BCUT2D eigenvalue weighted by Crippen LogP contribution is 2.43. The molecule has 366 valence electrons. The van der Waals surface area contributed by atoms with Gasteiger partial charge in [-0.05, 0) is 71.1 Å². The van der Waals surface area contributed by atoms with Gasteiger partial charge in [-0.3, -0.25) is 18.6 Å². The first-order chi connectivity index (χ1) is 30.3. The highest BCUT2D eigenvalue weighted by atomic mass is 31.2. The van der Waals surface area contributed by atoms with Gasteiger partial charge in [-0.2, -0.15) is 0 Å². The van der Waals surface area contributed by atoms with Crippen molar-refractivity contribution in [2.24, 2.45) is 0 Å². The van der Waals surface area contributed by atoms with E-state index in [2.05, 4.69) is 38.2 Å². The minimum Gasteiger partial charge on any atom is -0.462 e. The molecule has 0 heterocycles. The molecule has 0 amide bonds. The van der Waals surface area contributed by atoms with Gasteiger partial charge in [-0.1, -0.05) is 218 Å². The topological polar surface area (TPSA) is 108 Å². The molecule has 62 heavy (non-hydrogen) atoms. The van der Waals surface area contributed by atoms with E-state index in [0.29, 0.717) is 12.8 Å². The lowest BCUT2D eigenvalue weighted by Gasteiger charge is -2.19. The number of ether oxygens (including phenoxy) is 2. The zero-order valence-corrected chi connectivity index (χ0v) is 41.9. The lowest BCUT2D eigenvalue weighted by molar-refractivity contribution is -0.161. The Kier molecular flexibility index (Phi) is 47.8. The van der Waals surface area contributed by atoms with Crippen LogP contribution in [0.1, 0.15) is 278 Å². The molecule has 8 nitrogen and oxygen atoms in total. The van der Waals surface area contributed by atoms with E-state index in [0.717, 1.165) is 32.1 Å². The Bertz CT molecular complexity index is 1060. The lowest BCUT2D eigenvalue weighted by atomic mass is 10.0. The third-order valence-electron chi connectivity index (χ3n) is 11.7. The Morgan fingerprint density at radius 2 is 0.726 bits per heavy atom. The molecule has 0 aromatic rings. The van der Waals surface area contributed by atoms with Crippen molar-refractivity contribution in [3.8, 4) is 0 Å². The minimum absolute atomic E-state index is 0.00200. The zero-order chi connectivity index (χ0) is 45.3. The number of esters is 2. The molecule has 2 unspecified atom stereocenters. The minimum atomic E-state index is -4.28. The number of allylic oxidation sites excluding steroid dienone is 4. The average molecular weight is 897 g/mol. The van der Waals surface area contributed by atoms with Crippen LogP contribution in [0, 0.1) is 0 Å². The van der Waals surface area contributed by atoms with Crippen LogP contribution in [0.25, 0.3) is 0 Å². The van der Waals surface area contributed by atoms with Crippen molar-refractivity contribution in [3.05, 3.63) is 24.3 Å². The van der Waals surface area contributed by atoms with Gasteiger partial charge in [0.15, 0.2) is 6.10 Å². The van der Waals surface area contributed by atoms with Gasteiger partial charge >= 0.3 is 19.8 Å². The smallest absolute Gasteiger partial charge is 0.462 e. The Labute approximate surface area is 383 Å². The summed E-state index contributed by atoms with van der Waals surface area (Å²) in [6, 6.07) is 0. The van der Waals surface area contributed by atoms with Crippen molar-refractivity contribution in [2.75, 3.05) is 19.8 Å². The van der Waals surface area contributed by atoms with Crippen molar-refractivity contribution < 1.29 is 37.6 Å². The van der Waals surface area contributed by atoms with Crippen LogP contribution in [0.4, 0.5) is 0 Å². The number of hydrogen-bond acceptors (Lipinski definition) is 7. The summed E-state index contributed by atoms with van der Waals surface area (Å²) < 4.78 is 32.8. The van der Waals surface area contributed by atoms with Crippen LogP contribution in [0.15, 0.2) is 24.3 Å². The maximum Gasteiger partial charge on any atom is 0.472 e. The SMILES string of the molecule is CCCCCCCC/C=C\CCCCCCCCCCCC(=O)OCC(COP(=O)(O)OCC)OC(=O)CCCCCCCCCCCCC/C=C\CCCCCCCCCC. The van der Waals surface area contributed by atoms with Gasteiger partial charge < -0.3 is 14.4 Å². The van der Waals surface area contributed by atoms with Crippen LogP contribution in [-0.2, 0) is 32.7 Å². The fourth-order valence-electron chi connectivity index (χ4n) is 7.80. The molecule has 0 aliphatic heterocycles. The van der Waals surface area contributed by atoms with Gasteiger partial charge in [-0.25, -0.2) is 4.57 Å². The second kappa shape index (κ2) is 49.0. The first-order valence-electron chi connectivity index (χ1n) is 26.6. The monoisotopic (exact) mass is 897 g/mol. The number of phosphoric ester groups is 1. The summed E-state index contributed by atoms with van der Waals surface area (Å²) in [4.78, 5) is 35.0. The van der Waals surface area contributed by atoms with E-state index in [1.807, 2.05) is 0 Å². The molecule has 0 rings (SSSR count). The molecular weight excluding hydrogens is 796 g/mol. The Morgan fingerprint density at radius 3 is 1.06 bits per heavy atom. The molecule has 0 aliphatic carbocycles. The maximum absolute atomic E-state index is 12.6. The molecule has 0 aliphatic rings. The third kappa shape index (κ3) is 48.0. The predicted molar refractivity (Wildman–Crippen MR) is 263 cm³/mol. The van der Waals surface area contributed by atoms with Crippen LogP contribution in [0.2, 0.25) is 0 Å². The predicted octanol–water partition coefficient (Wildman–Crippen LogP) is 17.4. The Hall–Kier alpha value is -1.47. The molecule has 0 radical (unpaired) electrons. The highest BCUT2D eigenvalue weighted by molar-refractivity contribution is 7.47. The van der Waals surface area contributed by atoms with E-state index >= 15 is 0 Å². The van der Waals surface area contributed by atoms with Crippen molar-refractivity contribution in [1.82, 2.24) is 0 Å². The second-order valence-electron chi connectivity index (χ2n) is 17.9. The van der Waals surface area contributed by atoms with Crippen molar-refractivity contribution >= 4 is 19.8 Å². The first kappa shape index (κ1) is 60.5. The number of rotatable bonds is 50. The van der Waals surface area contributed by atoms with E-state index in [9.17, 15) is 19.0 Å². The highest BCUT2D eigenvalue weighted by Gasteiger charge is 2.25. The quantitative estimate of drug-likeness (QED) is 0.0278. The fourth-order valence-corrected chi connectivity index (χ4v) is 8.55. The van der Waals surface area contributed by atoms with Gasteiger partial charge in [-0.15, -0.1) is 0 Å². The Balaban J connectivity index is 3.94. The fraction of sp³-hybridized carbons (Fsp3) is 0.887. The van der Waals surface area contributed by atoms with E-state index in [-0.39, 0.29) is 32.2 Å². The first-order valence-corrected chi connectivity index (χ1v) is 28.1. The van der Waals surface area contributed by atoms with E-state index in [1.54, 1.807) is 6.92 Å². The number of phosphoric acid groups is 1. The molecule has 0 aromatic carbocycles. The summed E-state index contributed by atoms with van der Waals surface area (Å²) >= 11 is 0. The number of hydrogen-bond donors (Lipinski definition) is 1. The van der Waals surface area contributed by atoms with Crippen LogP contribution in [-0.4, -0.2) is 42.8 Å².